The van der Waals surface area contributed by atoms with Gasteiger partial charge in [-0.1, -0.05) is 30.3 Å². The highest BCUT2D eigenvalue weighted by atomic mass is 16.6. The molecule has 10 nitrogen and oxygen atoms in total. The predicted octanol–water partition coefficient (Wildman–Crippen LogP) is 2.38. The lowest BCUT2D eigenvalue weighted by molar-refractivity contribution is -0.384. The number of nitro groups is 1. The fourth-order valence-corrected chi connectivity index (χ4v) is 4.48. The van der Waals surface area contributed by atoms with Crippen LogP contribution in [0.15, 0.2) is 48.5 Å². The van der Waals surface area contributed by atoms with Gasteiger partial charge in [0.05, 0.1) is 17.0 Å². The number of para-hydroxylation sites is 1. The van der Waals surface area contributed by atoms with Gasteiger partial charge in [-0.05, 0) is 49.4 Å². The van der Waals surface area contributed by atoms with Crippen LogP contribution in [0.1, 0.15) is 42.1 Å². The van der Waals surface area contributed by atoms with Gasteiger partial charge in [0.25, 0.3) is 5.69 Å². The SMILES string of the molecule is NCCCC[C@H](NC(=O)[C@@H]1Cc2c([nH]c3ccccc23)[C@H](c2ccc([N+](=O)[O-])cc2)N1)C(=O)O. The summed E-state index contributed by atoms with van der Waals surface area (Å²) in [5.74, 6) is -1.48. The van der Waals surface area contributed by atoms with E-state index >= 15 is 0 Å². The van der Waals surface area contributed by atoms with Crippen molar-refractivity contribution in [3.63, 3.8) is 0 Å². The number of aromatic nitrogens is 1. The molecule has 3 aromatic rings. The molecule has 178 valence electrons. The Bertz CT molecular complexity index is 1210. The zero-order chi connectivity index (χ0) is 24.2. The number of nitrogens with two attached hydrogens (primary N) is 1. The molecule has 10 heteroatoms. The molecule has 0 spiro atoms. The number of carboxylic acids is 1. The van der Waals surface area contributed by atoms with Gasteiger partial charge in [0, 0.05) is 28.7 Å². The van der Waals surface area contributed by atoms with Crippen LogP contribution in [-0.2, 0) is 16.0 Å². The van der Waals surface area contributed by atoms with E-state index < -0.39 is 34.9 Å². The number of fused-ring (bicyclic) bond motifs is 3. The van der Waals surface area contributed by atoms with Crippen LogP contribution in [0.4, 0.5) is 5.69 Å². The number of carboxylic acid groups (broad SMARTS) is 1. The molecule has 0 fully saturated rings. The van der Waals surface area contributed by atoms with Gasteiger partial charge in [-0.3, -0.25) is 20.2 Å². The topological polar surface area (TPSA) is 163 Å². The number of aliphatic carboxylic acids is 1. The second-order valence-electron chi connectivity index (χ2n) is 8.45. The minimum absolute atomic E-state index is 0.0208. The first-order valence-electron chi connectivity index (χ1n) is 11.2. The smallest absolute Gasteiger partial charge is 0.326 e. The van der Waals surface area contributed by atoms with E-state index in [1.807, 2.05) is 24.3 Å². The average Bonchev–Trinajstić information content (AvgIpc) is 3.21. The molecule has 4 rings (SSSR count). The summed E-state index contributed by atoms with van der Waals surface area (Å²) in [6.07, 6.45) is 1.96. The molecular weight excluding hydrogens is 438 g/mol. The maximum absolute atomic E-state index is 13.2. The molecule has 6 N–H and O–H groups in total. The third kappa shape index (κ3) is 4.78. The highest BCUT2D eigenvalue weighted by Crippen LogP contribution is 2.35. The van der Waals surface area contributed by atoms with Gasteiger partial charge in [0.1, 0.15) is 6.04 Å². The summed E-state index contributed by atoms with van der Waals surface area (Å²) in [4.78, 5) is 38.9. The second-order valence-corrected chi connectivity index (χ2v) is 8.45. The zero-order valence-electron chi connectivity index (χ0n) is 18.5. The fourth-order valence-electron chi connectivity index (χ4n) is 4.48. The number of unbranched alkanes of at least 4 members (excludes halogenated alkanes) is 1. The number of rotatable bonds is 9. The number of H-pyrrole nitrogens is 1. The first-order valence-corrected chi connectivity index (χ1v) is 11.2. The van der Waals surface area contributed by atoms with Crippen molar-refractivity contribution in [3.05, 3.63) is 75.5 Å². The summed E-state index contributed by atoms with van der Waals surface area (Å²) in [5, 5.41) is 27.6. The van der Waals surface area contributed by atoms with Gasteiger partial charge in [-0.2, -0.15) is 0 Å². The number of non-ortho nitro benzene ring substituents is 1. The summed E-state index contributed by atoms with van der Waals surface area (Å²) in [5.41, 5.74) is 9.01. The van der Waals surface area contributed by atoms with Crippen LogP contribution in [0.25, 0.3) is 10.9 Å². The standard InChI is InChI=1S/C24H27N5O5/c25-12-4-3-7-19(24(31)32)28-23(30)20-13-17-16-5-1-2-6-18(16)26-22(17)21(27-20)14-8-10-15(11-9-14)29(33)34/h1-2,5-6,8-11,19-21,26-27H,3-4,7,12-13,25H2,(H,28,30)(H,31,32)/t19-,20-,21-/m0/s1. The molecule has 1 aromatic heterocycles. The van der Waals surface area contributed by atoms with Crippen LogP contribution in [0, 0.1) is 10.1 Å². The molecule has 34 heavy (non-hydrogen) atoms. The van der Waals surface area contributed by atoms with Crippen LogP contribution in [0.5, 0.6) is 0 Å². The van der Waals surface area contributed by atoms with E-state index in [0.717, 1.165) is 27.7 Å². The lowest BCUT2D eigenvalue weighted by Crippen LogP contribution is -2.53. The lowest BCUT2D eigenvalue weighted by atomic mass is 9.89. The molecule has 0 aliphatic carbocycles. The Labute approximate surface area is 195 Å². The predicted molar refractivity (Wildman–Crippen MR) is 126 cm³/mol. The van der Waals surface area contributed by atoms with Gasteiger partial charge in [0.2, 0.25) is 5.91 Å². The van der Waals surface area contributed by atoms with E-state index in [9.17, 15) is 24.8 Å². The quantitative estimate of drug-likeness (QED) is 0.184. The molecule has 1 aliphatic heterocycles. The largest absolute Gasteiger partial charge is 0.480 e. The number of hydrogen-bond acceptors (Lipinski definition) is 6. The number of benzene rings is 2. The summed E-state index contributed by atoms with van der Waals surface area (Å²) in [6.45, 7) is 0.463. The first-order chi connectivity index (χ1) is 16.4. The number of nitrogens with one attached hydrogen (secondary N) is 3. The first kappa shape index (κ1) is 23.4. The molecule has 2 aromatic carbocycles. The van der Waals surface area contributed by atoms with Crippen molar-refractivity contribution in [3.8, 4) is 0 Å². The minimum atomic E-state index is -1.08. The Hall–Kier alpha value is -3.76. The number of nitro benzene ring substituents is 1. The van der Waals surface area contributed by atoms with E-state index in [1.165, 1.54) is 12.1 Å². The van der Waals surface area contributed by atoms with E-state index in [2.05, 4.69) is 15.6 Å². The van der Waals surface area contributed by atoms with Crippen molar-refractivity contribution < 1.29 is 19.6 Å². The molecule has 0 radical (unpaired) electrons. The molecule has 1 amide bonds. The second kappa shape index (κ2) is 10.0. The molecule has 0 saturated heterocycles. The van der Waals surface area contributed by atoms with Crippen molar-refractivity contribution in [2.45, 2.75) is 43.8 Å². The average molecular weight is 466 g/mol. The Morgan fingerprint density at radius 1 is 1.18 bits per heavy atom. The van der Waals surface area contributed by atoms with Crippen molar-refractivity contribution in [1.82, 2.24) is 15.6 Å². The summed E-state index contributed by atoms with van der Waals surface area (Å²) in [7, 11) is 0. The van der Waals surface area contributed by atoms with Crippen molar-refractivity contribution in [2.75, 3.05) is 6.54 Å². The number of aromatic amines is 1. The molecule has 0 unspecified atom stereocenters. The third-order valence-electron chi connectivity index (χ3n) is 6.23. The molecule has 1 aliphatic rings. The van der Waals surface area contributed by atoms with Gasteiger partial charge in [-0.25, -0.2) is 4.79 Å². The highest BCUT2D eigenvalue weighted by molar-refractivity contribution is 5.90. The van der Waals surface area contributed by atoms with Crippen LogP contribution in [-0.4, -0.2) is 45.5 Å². The molecule has 2 heterocycles. The minimum Gasteiger partial charge on any atom is -0.480 e. The molecule has 3 atom stereocenters. The fraction of sp³-hybridized carbons (Fsp3) is 0.333. The van der Waals surface area contributed by atoms with Crippen molar-refractivity contribution in [2.24, 2.45) is 5.73 Å². The number of nitrogens with zero attached hydrogens (tertiary/aromatic N) is 1. The maximum Gasteiger partial charge on any atom is 0.326 e. The van der Waals surface area contributed by atoms with Gasteiger partial charge in [0.15, 0.2) is 0 Å². The Morgan fingerprint density at radius 3 is 2.59 bits per heavy atom. The Morgan fingerprint density at radius 2 is 1.91 bits per heavy atom. The number of carbonyl (C=O) groups excluding carboxylic acids is 1. The van der Waals surface area contributed by atoms with E-state index in [1.54, 1.807) is 12.1 Å². The monoisotopic (exact) mass is 465 g/mol. The molecule has 0 saturated carbocycles. The van der Waals surface area contributed by atoms with E-state index in [0.29, 0.717) is 32.2 Å². The van der Waals surface area contributed by atoms with Gasteiger partial charge >= 0.3 is 5.97 Å². The maximum atomic E-state index is 13.2. The molecular formula is C24H27N5O5. The lowest BCUT2D eigenvalue weighted by Gasteiger charge is -2.31. The van der Waals surface area contributed by atoms with Crippen molar-refractivity contribution >= 4 is 28.5 Å². The number of carbonyl (C=O) groups is 2. The normalized spacial score (nSPS) is 18.3. The highest BCUT2D eigenvalue weighted by Gasteiger charge is 2.35. The van der Waals surface area contributed by atoms with Crippen LogP contribution in [0.3, 0.4) is 0 Å². The summed E-state index contributed by atoms with van der Waals surface area (Å²) >= 11 is 0. The van der Waals surface area contributed by atoms with Gasteiger partial charge < -0.3 is 21.1 Å². The van der Waals surface area contributed by atoms with Crippen LogP contribution < -0.4 is 16.4 Å². The Kier molecular flexibility index (Phi) is 6.90. The number of hydrogen-bond donors (Lipinski definition) is 5. The third-order valence-corrected chi connectivity index (χ3v) is 6.23. The van der Waals surface area contributed by atoms with Crippen LogP contribution >= 0.6 is 0 Å². The van der Waals surface area contributed by atoms with E-state index in [-0.39, 0.29) is 5.69 Å². The zero-order valence-corrected chi connectivity index (χ0v) is 18.5. The van der Waals surface area contributed by atoms with Crippen LogP contribution in [0.2, 0.25) is 0 Å². The molecule has 0 bridgehead atoms. The van der Waals surface area contributed by atoms with E-state index in [4.69, 9.17) is 5.73 Å². The van der Waals surface area contributed by atoms with Crippen molar-refractivity contribution in [1.29, 1.82) is 0 Å². The Balaban J connectivity index is 1.64. The summed E-state index contributed by atoms with van der Waals surface area (Å²) < 4.78 is 0. The van der Waals surface area contributed by atoms with Gasteiger partial charge in [-0.15, -0.1) is 0 Å². The summed E-state index contributed by atoms with van der Waals surface area (Å²) in [6, 6.07) is 11.9. The number of amides is 1.